The van der Waals surface area contributed by atoms with Gasteiger partial charge in [-0.1, -0.05) is 64.9 Å². The molecule has 31 heavy (non-hydrogen) atoms. The van der Waals surface area contributed by atoms with Crippen LogP contribution in [0, 0.1) is 0 Å². The molecule has 0 spiro atoms. The van der Waals surface area contributed by atoms with Gasteiger partial charge in [0, 0.05) is 25.3 Å². The van der Waals surface area contributed by atoms with Gasteiger partial charge in [0.15, 0.2) is 0 Å². The first kappa shape index (κ1) is 25.8. The number of ether oxygens (including phenoxy) is 2. The summed E-state index contributed by atoms with van der Waals surface area (Å²) in [6.45, 7) is 8.82. The summed E-state index contributed by atoms with van der Waals surface area (Å²) in [5.74, 6) is 0.573. The molecule has 0 radical (unpaired) electrons. The Morgan fingerprint density at radius 3 is 2.55 bits per heavy atom. The molecule has 0 aromatic carbocycles. The molecule has 7 heteroatoms. The molecule has 2 unspecified atom stereocenters. The number of carbonyl (C=O) groups excluding carboxylic acids is 1. The third-order valence-corrected chi connectivity index (χ3v) is 6.74. The number of aromatic nitrogens is 2. The van der Waals surface area contributed by atoms with Crippen molar-refractivity contribution in [3.63, 3.8) is 0 Å². The number of carbonyl (C=O) groups is 1. The van der Waals surface area contributed by atoms with Crippen LogP contribution < -0.4 is 4.74 Å². The highest BCUT2D eigenvalue weighted by molar-refractivity contribution is 6.99. The molecule has 0 N–H and O–H groups in total. The minimum absolute atomic E-state index is 0.0779. The molecule has 1 aliphatic heterocycles. The Kier molecular flexibility index (Phi) is 11.5. The van der Waals surface area contributed by atoms with Gasteiger partial charge in [0.2, 0.25) is 6.23 Å². The topological polar surface area (TPSA) is 61.3 Å². The molecule has 0 saturated carbocycles. The number of unbranched alkanes of at least 4 members (excludes halogenated alkanes) is 7. The lowest BCUT2D eigenvalue weighted by atomic mass is 10.0. The predicted molar refractivity (Wildman–Crippen MR) is 127 cm³/mol. The van der Waals surface area contributed by atoms with Gasteiger partial charge in [-0.3, -0.25) is 9.28 Å². The van der Waals surface area contributed by atoms with E-state index in [1.54, 1.807) is 0 Å². The summed E-state index contributed by atoms with van der Waals surface area (Å²) in [6, 6.07) is 0. The van der Waals surface area contributed by atoms with Gasteiger partial charge in [0.25, 0.3) is 5.88 Å². The van der Waals surface area contributed by atoms with Crippen LogP contribution in [0.25, 0.3) is 5.57 Å². The van der Waals surface area contributed by atoms with Crippen molar-refractivity contribution in [1.29, 1.82) is 0 Å². The van der Waals surface area contributed by atoms with Crippen LogP contribution in [0.1, 0.15) is 97.1 Å². The van der Waals surface area contributed by atoms with E-state index < -0.39 is 0 Å². The fourth-order valence-electron chi connectivity index (χ4n) is 3.97. The summed E-state index contributed by atoms with van der Waals surface area (Å²) < 4.78 is 21.4. The maximum absolute atomic E-state index is 12.3. The Hall–Kier alpha value is -1.47. The highest BCUT2D eigenvalue weighted by Gasteiger charge is 2.36. The second-order valence-electron chi connectivity index (χ2n) is 8.96. The van der Waals surface area contributed by atoms with Crippen LogP contribution in [-0.2, 0) is 9.53 Å². The van der Waals surface area contributed by atoms with Gasteiger partial charge in [0.05, 0.1) is 31.9 Å². The van der Waals surface area contributed by atoms with Crippen molar-refractivity contribution < 1.29 is 18.8 Å². The van der Waals surface area contributed by atoms with Crippen LogP contribution >= 0.6 is 11.7 Å². The zero-order valence-electron chi connectivity index (χ0n) is 20.0. The Morgan fingerprint density at radius 1 is 1.10 bits per heavy atom. The lowest BCUT2D eigenvalue weighted by molar-refractivity contribution is -0.944. The van der Waals surface area contributed by atoms with Crippen LogP contribution in [0.2, 0.25) is 0 Å². The highest BCUT2D eigenvalue weighted by atomic mass is 32.1. The van der Waals surface area contributed by atoms with Gasteiger partial charge >= 0.3 is 5.97 Å². The van der Waals surface area contributed by atoms with Crippen molar-refractivity contribution in [3.05, 3.63) is 11.8 Å². The molecule has 176 valence electrons. The SMILES string of the molecule is CCCCCCCC(=O)OC(C)[N+]1(C)CCC=C(c2nsnc2OCCCCCC)C1. The lowest BCUT2D eigenvalue weighted by Gasteiger charge is -2.41. The van der Waals surface area contributed by atoms with E-state index in [1.165, 1.54) is 50.3 Å². The van der Waals surface area contributed by atoms with Crippen molar-refractivity contribution in [2.45, 2.75) is 97.6 Å². The maximum Gasteiger partial charge on any atom is 0.310 e. The van der Waals surface area contributed by atoms with E-state index in [-0.39, 0.29) is 12.2 Å². The van der Waals surface area contributed by atoms with Crippen LogP contribution in [0.5, 0.6) is 5.88 Å². The molecule has 0 amide bonds. The monoisotopic (exact) mass is 452 g/mol. The molecule has 6 nitrogen and oxygen atoms in total. The first-order valence-corrected chi connectivity index (χ1v) is 12.9. The highest BCUT2D eigenvalue weighted by Crippen LogP contribution is 2.31. The molecular weight excluding hydrogens is 410 g/mol. The second kappa shape index (κ2) is 13.8. The number of quaternary nitrogens is 1. The summed E-state index contributed by atoms with van der Waals surface area (Å²) in [6.07, 6.45) is 13.9. The van der Waals surface area contributed by atoms with Gasteiger partial charge in [-0.15, -0.1) is 4.37 Å². The van der Waals surface area contributed by atoms with E-state index in [9.17, 15) is 4.79 Å². The third kappa shape index (κ3) is 8.53. The molecule has 0 bridgehead atoms. The maximum atomic E-state index is 12.3. The molecular formula is C24H42N3O3S+. The summed E-state index contributed by atoms with van der Waals surface area (Å²) in [7, 11) is 2.16. The molecule has 0 fully saturated rings. The van der Waals surface area contributed by atoms with E-state index in [1.807, 2.05) is 6.92 Å². The molecule has 1 aromatic heterocycles. The van der Waals surface area contributed by atoms with E-state index in [0.29, 0.717) is 23.4 Å². The number of nitrogens with zero attached hydrogens (tertiary/aromatic N) is 3. The second-order valence-corrected chi connectivity index (χ2v) is 9.49. The summed E-state index contributed by atoms with van der Waals surface area (Å²) in [5.41, 5.74) is 2.01. The minimum atomic E-state index is -0.183. The lowest BCUT2D eigenvalue weighted by Crippen LogP contribution is -2.55. The zero-order valence-corrected chi connectivity index (χ0v) is 20.8. The van der Waals surface area contributed by atoms with Crippen LogP contribution in [0.4, 0.5) is 0 Å². The third-order valence-electron chi connectivity index (χ3n) is 6.23. The average Bonchev–Trinajstić information content (AvgIpc) is 3.22. The zero-order chi connectivity index (χ0) is 22.5. The summed E-state index contributed by atoms with van der Waals surface area (Å²) >= 11 is 1.20. The first-order valence-electron chi connectivity index (χ1n) is 12.2. The Morgan fingerprint density at radius 2 is 1.81 bits per heavy atom. The molecule has 0 saturated heterocycles. The van der Waals surface area contributed by atoms with E-state index in [2.05, 4.69) is 35.7 Å². The van der Waals surface area contributed by atoms with Crippen molar-refractivity contribution in [1.82, 2.24) is 8.75 Å². The number of likely N-dealkylation sites (N-methyl/N-ethyl adjacent to an activating group) is 1. The van der Waals surface area contributed by atoms with Gasteiger partial charge in [0.1, 0.15) is 12.2 Å². The van der Waals surface area contributed by atoms with Crippen LogP contribution in [0.15, 0.2) is 6.08 Å². The minimum Gasteiger partial charge on any atom is -0.475 e. The van der Waals surface area contributed by atoms with Gasteiger partial charge in [-0.05, 0) is 12.8 Å². The molecule has 1 aromatic rings. The fourth-order valence-corrected chi connectivity index (χ4v) is 4.50. The standard InChI is InChI=1S/C24H42N3O3S/c1-5-7-9-11-12-16-22(28)30-20(3)27(4)17-14-15-21(19-27)23-24(26-31-25-23)29-18-13-10-8-6-2/h15,20H,5-14,16-19H2,1-4H3/q+1. The van der Waals surface area contributed by atoms with Gasteiger partial charge in [-0.25, -0.2) is 0 Å². The number of esters is 1. The van der Waals surface area contributed by atoms with Crippen molar-refractivity contribution in [2.75, 3.05) is 26.7 Å². The normalized spacial score (nSPS) is 19.7. The van der Waals surface area contributed by atoms with E-state index >= 15 is 0 Å². The van der Waals surface area contributed by atoms with Gasteiger partial charge in [-0.2, -0.15) is 4.37 Å². The molecule has 2 atom stereocenters. The predicted octanol–water partition coefficient (Wildman–Crippen LogP) is 5.98. The van der Waals surface area contributed by atoms with Crippen LogP contribution in [-0.4, -0.2) is 52.2 Å². The van der Waals surface area contributed by atoms with Crippen LogP contribution in [0.3, 0.4) is 0 Å². The smallest absolute Gasteiger partial charge is 0.310 e. The molecule has 1 aliphatic rings. The quantitative estimate of drug-likeness (QED) is 0.186. The van der Waals surface area contributed by atoms with Gasteiger partial charge < -0.3 is 9.47 Å². The first-order chi connectivity index (χ1) is 15.0. The van der Waals surface area contributed by atoms with Crippen molar-refractivity contribution >= 4 is 23.3 Å². The van der Waals surface area contributed by atoms with Crippen molar-refractivity contribution in [2.24, 2.45) is 0 Å². The summed E-state index contributed by atoms with van der Waals surface area (Å²) in [5, 5.41) is 0. The van der Waals surface area contributed by atoms with Crippen molar-refractivity contribution in [3.8, 4) is 5.88 Å². The largest absolute Gasteiger partial charge is 0.475 e. The Bertz CT molecular complexity index is 691. The molecule has 2 heterocycles. The Labute approximate surface area is 192 Å². The molecule has 0 aliphatic carbocycles. The number of hydrogen-bond acceptors (Lipinski definition) is 6. The van der Waals surface area contributed by atoms with E-state index in [0.717, 1.165) is 50.0 Å². The number of rotatable bonds is 15. The molecule has 2 rings (SSSR count). The summed E-state index contributed by atoms with van der Waals surface area (Å²) in [4.78, 5) is 12.3. The van der Waals surface area contributed by atoms with E-state index in [4.69, 9.17) is 9.47 Å². The number of hydrogen-bond donors (Lipinski definition) is 0. The Balaban J connectivity index is 1.87. The fraction of sp³-hybridized carbons (Fsp3) is 0.792. The average molecular weight is 453 g/mol.